The first-order chi connectivity index (χ1) is 9.58. The molecule has 0 saturated carbocycles. The molecule has 0 amide bonds. The van der Waals surface area contributed by atoms with Crippen LogP contribution in [0.5, 0.6) is 0 Å². The van der Waals surface area contributed by atoms with E-state index >= 15 is 0 Å². The van der Waals surface area contributed by atoms with Gasteiger partial charge in [-0.15, -0.1) is 0 Å². The zero-order chi connectivity index (χ0) is 14.7. The van der Waals surface area contributed by atoms with Crippen LogP contribution in [0, 0.1) is 6.92 Å². The number of aryl methyl sites for hydroxylation is 1. The topological polar surface area (TPSA) is 39.4 Å². The summed E-state index contributed by atoms with van der Waals surface area (Å²) >= 11 is 7.98. The highest BCUT2D eigenvalue weighted by Gasteiger charge is 2.21. The first-order valence-electron chi connectivity index (χ1n) is 6.05. The second-order valence-electron chi connectivity index (χ2n) is 4.27. The normalized spacial score (nSPS) is 11.4. The number of benzene rings is 1. The molecule has 0 fully saturated rings. The van der Waals surface area contributed by atoms with Crippen molar-refractivity contribution in [1.82, 2.24) is 0 Å². The van der Waals surface area contributed by atoms with Crippen LogP contribution >= 0.6 is 23.4 Å². The maximum atomic E-state index is 12.1. The van der Waals surface area contributed by atoms with Gasteiger partial charge in [-0.3, -0.25) is 0 Å². The highest BCUT2D eigenvalue weighted by atomic mass is 35.5. The lowest BCUT2D eigenvalue weighted by atomic mass is 10.0. The van der Waals surface area contributed by atoms with Crippen LogP contribution < -0.4 is 0 Å². The summed E-state index contributed by atoms with van der Waals surface area (Å²) in [6.45, 7) is 1.83. The lowest BCUT2D eigenvalue weighted by Crippen LogP contribution is -2.05. The summed E-state index contributed by atoms with van der Waals surface area (Å²) in [6, 6.07) is 3.65. The van der Waals surface area contributed by atoms with Gasteiger partial charge in [-0.1, -0.05) is 23.8 Å². The number of carbonyl (C=O) groups excluding carboxylic acids is 1. The highest BCUT2D eigenvalue weighted by molar-refractivity contribution is 7.98. The number of halogens is 1. The smallest absolute Gasteiger partial charge is 0.342 e. The molecule has 0 radical (unpaired) electrons. The second-order valence-corrected chi connectivity index (χ2v) is 5.59. The molecule has 0 spiro atoms. The number of methoxy groups -OCH3 is 1. The van der Waals surface area contributed by atoms with Crippen molar-refractivity contribution < 1.29 is 13.9 Å². The van der Waals surface area contributed by atoms with Crippen LogP contribution in [0.3, 0.4) is 0 Å². The van der Waals surface area contributed by atoms with Crippen molar-refractivity contribution in [2.45, 2.75) is 6.92 Å². The number of thioether (sulfide) groups is 1. The monoisotopic (exact) mass is 310 g/mol. The van der Waals surface area contributed by atoms with Gasteiger partial charge in [0.1, 0.15) is 16.9 Å². The fourth-order valence-corrected chi connectivity index (χ4v) is 2.59. The van der Waals surface area contributed by atoms with E-state index in [0.717, 1.165) is 16.9 Å². The lowest BCUT2D eigenvalue weighted by molar-refractivity contribution is 0.0601. The Bertz CT molecular complexity index is 673. The highest BCUT2D eigenvalue weighted by Crippen LogP contribution is 2.33. The zero-order valence-corrected chi connectivity index (χ0v) is 13.1. The number of furan rings is 1. The summed E-state index contributed by atoms with van der Waals surface area (Å²) in [4.78, 5) is 12.1. The van der Waals surface area contributed by atoms with E-state index < -0.39 is 5.97 Å². The van der Waals surface area contributed by atoms with Crippen molar-refractivity contribution >= 4 is 46.4 Å². The third-order valence-electron chi connectivity index (χ3n) is 2.86. The maximum Gasteiger partial charge on any atom is 0.342 e. The van der Waals surface area contributed by atoms with Gasteiger partial charge >= 0.3 is 5.97 Å². The number of esters is 1. The van der Waals surface area contributed by atoms with E-state index in [1.54, 1.807) is 17.8 Å². The molecule has 1 heterocycles. The number of ether oxygens (including phenoxy) is 1. The van der Waals surface area contributed by atoms with E-state index in [2.05, 4.69) is 0 Å². The van der Waals surface area contributed by atoms with Gasteiger partial charge in [0.2, 0.25) is 0 Å². The molecule has 2 rings (SSSR count). The van der Waals surface area contributed by atoms with Crippen LogP contribution in [-0.4, -0.2) is 25.1 Å². The molecular formula is C15H15ClO3S. The Kier molecular flexibility index (Phi) is 4.78. The number of hydrogen-bond acceptors (Lipinski definition) is 4. The van der Waals surface area contributed by atoms with Gasteiger partial charge < -0.3 is 9.15 Å². The molecule has 20 heavy (non-hydrogen) atoms. The molecule has 1 aromatic carbocycles. The average molecular weight is 311 g/mol. The SMILES string of the molecule is COC(=O)c1c(C=CCSC)c(Cl)cc2cc(C)oc12. The van der Waals surface area contributed by atoms with Gasteiger partial charge in [-0.2, -0.15) is 11.8 Å². The van der Waals surface area contributed by atoms with Crippen molar-refractivity contribution in [2.24, 2.45) is 0 Å². The predicted molar refractivity (Wildman–Crippen MR) is 84.7 cm³/mol. The standard InChI is InChI=1S/C15H15ClO3S/c1-9-7-10-8-12(16)11(5-4-6-20-3)13(14(10)19-9)15(17)18-2/h4-5,7-8H,6H2,1-3H3. The molecule has 3 nitrogen and oxygen atoms in total. The molecule has 0 aliphatic heterocycles. The van der Waals surface area contributed by atoms with Gasteiger partial charge in [0, 0.05) is 21.7 Å². The zero-order valence-electron chi connectivity index (χ0n) is 11.5. The van der Waals surface area contributed by atoms with Crippen molar-refractivity contribution in [1.29, 1.82) is 0 Å². The Morgan fingerprint density at radius 3 is 2.90 bits per heavy atom. The number of hydrogen-bond donors (Lipinski definition) is 0. The largest absolute Gasteiger partial charge is 0.465 e. The van der Waals surface area contributed by atoms with E-state index in [1.165, 1.54) is 7.11 Å². The van der Waals surface area contributed by atoms with Crippen molar-refractivity contribution in [3.8, 4) is 0 Å². The molecular weight excluding hydrogens is 296 g/mol. The van der Waals surface area contributed by atoms with E-state index in [4.69, 9.17) is 20.8 Å². The summed E-state index contributed by atoms with van der Waals surface area (Å²) < 4.78 is 10.5. The molecule has 0 N–H and O–H groups in total. The first kappa shape index (κ1) is 15.0. The van der Waals surface area contributed by atoms with Crippen LogP contribution in [0.2, 0.25) is 5.02 Å². The quantitative estimate of drug-likeness (QED) is 0.776. The fourth-order valence-electron chi connectivity index (χ4n) is 2.02. The second kappa shape index (κ2) is 6.37. The van der Waals surface area contributed by atoms with Crippen LogP contribution in [0.4, 0.5) is 0 Å². The van der Waals surface area contributed by atoms with Gasteiger partial charge in [0.25, 0.3) is 0 Å². The number of fused-ring (bicyclic) bond motifs is 1. The average Bonchev–Trinajstić information content (AvgIpc) is 2.78. The van der Waals surface area contributed by atoms with E-state index in [1.807, 2.05) is 31.4 Å². The van der Waals surface area contributed by atoms with E-state index in [-0.39, 0.29) is 0 Å². The third kappa shape index (κ3) is 2.86. The summed E-state index contributed by atoms with van der Waals surface area (Å²) in [7, 11) is 1.35. The van der Waals surface area contributed by atoms with Crippen LogP contribution in [-0.2, 0) is 4.74 Å². The van der Waals surface area contributed by atoms with Crippen LogP contribution in [0.25, 0.3) is 17.0 Å². The maximum absolute atomic E-state index is 12.1. The number of rotatable bonds is 4. The minimum Gasteiger partial charge on any atom is -0.465 e. The van der Waals surface area contributed by atoms with Crippen LogP contribution in [0.15, 0.2) is 22.6 Å². The molecule has 0 aliphatic carbocycles. The molecule has 0 bridgehead atoms. The van der Waals surface area contributed by atoms with E-state index in [0.29, 0.717) is 21.7 Å². The Morgan fingerprint density at radius 1 is 1.50 bits per heavy atom. The number of carbonyl (C=O) groups is 1. The lowest BCUT2D eigenvalue weighted by Gasteiger charge is -2.07. The van der Waals surface area contributed by atoms with E-state index in [9.17, 15) is 4.79 Å². The Balaban J connectivity index is 2.70. The van der Waals surface area contributed by atoms with Gasteiger partial charge in [-0.05, 0) is 25.3 Å². The molecule has 1 aromatic heterocycles. The Morgan fingerprint density at radius 2 is 2.25 bits per heavy atom. The van der Waals surface area contributed by atoms with Crippen molar-refractivity contribution in [2.75, 3.05) is 19.1 Å². The molecule has 0 atom stereocenters. The van der Waals surface area contributed by atoms with Gasteiger partial charge in [0.15, 0.2) is 0 Å². The van der Waals surface area contributed by atoms with Crippen LogP contribution in [0.1, 0.15) is 21.7 Å². The summed E-state index contributed by atoms with van der Waals surface area (Å²) in [5.74, 6) is 1.12. The summed E-state index contributed by atoms with van der Waals surface area (Å²) in [6.07, 6.45) is 5.80. The first-order valence-corrected chi connectivity index (χ1v) is 7.82. The molecule has 2 aromatic rings. The Hall–Kier alpha value is -1.39. The molecule has 0 saturated heterocycles. The Labute approximate surface area is 126 Å². The summed E-state index contributed by atoms with van der Waals surface area (Å²) in [5, 5.41) is 1.31. The van der Waals surface area contributed by atoms with Crippen molar-refractivity contribution in [3.63, 3.8) is 0 Å². The third-order valence-corrected chi connectivity index (χ3v) is 3.70. The minimum atomic E-state index is -0.448. The molecule has 5 heteroatoms. The van der Waals surface area contributed by atoms with Gasteiger partial charge in [-0.25, -0.2) is 4.79 Å². The fraction of sp³-hybridized carbons (Fsp3) is 0.267. The molecule has 106 valence electrons. The van der Waals surface area contributed by atoms with Crippen molar-refractivity contribution in [3.05, 3.63) is 40.1 Å². The summed E-state index contributed by atoms with van der Waals surface area (Å²) in [5.41, 5.74) is 1.53. The molecule has 0 unspecified atom stereocenters. The van der Waals surface area contributed by atoms with Gasteiger partial charge in [0.05, 0.1) is 7.11 Å². The predicted octanol–water partition coefficient (Wildman–Crippen LogP) is 4.56. The molecule has 0 aliphatic rings. The minimum absolute atomic E-state index is 0.375.